The molecule has 0 saturated carbocycles. The van der Waals surface area contributed by atoms with Crippen molar-refractivity contribution < 1.29 is 4.79 Å². The third kappa shape index (κ3) is 4.77. The van der Waals surface area contributed by atoms with Crippen LogP contribution in [0.2, 0.25) is 15.1 Å². The van der Waals surface area contributed by atoms with E-state index in [-0.39, 0.29) is 5.91 Å². The molecule has 2 aromatic carbocycles. The van der Waals surface area contributed by atoms with Crippen LogP contribution < -0.4 is 5.32 Å². The van der Waals surface area contributed by atoms with Gasteiger partial charge in [0.05, 0.1) is 27.3 Å². The molecule has 1 N–H and O–H groups in total. The summed E-state index contributed by atoms with van der Waals surface area (Å²) < 4.78 is 0. The zero-order chi connectivity index (χ0) is 17.8. The molecule has 25 heavy (non-hydrogen) atoms. The third-order valence-electron chi connectivity index (χ3n) is 4.09. The van der Waals surface area contributed by atoms with Crippen molar-refractivity contribution in [3.05, 3.63) is 69.2 Å². The summed E-state index contributed by atoms with van der Waals surface area (Å²) in [4.78, 5) is 14.4. The second kappa shape index (κ2) is 8.24. The maximum Gasteiger partial charge on any atom is 0.238 e. The molecule has 0 unspecified atom stereocenters. The van der Waals surface area contributed by atoms with Crippen LogP contribution in [0.1, 0.15) is 12.0 Å². The first kappa shape index (κ1) is 18.3. The number of carbonyl (C=O) groups excluding carboxylic acids is 1. The molecule has 1 amide bonds. The minimum atomic E-state index is -0.128. The number of anilines is 1. The van der Waals surface area contributed by atoms with Crippen LogP contribution in [-0.4, -0.2) is 30.4 Å². The lowest BCUT2D eigenvalue weighted by Crippen LogP contribution is -2.36. The summed E-state index contributed by atoms with van der Waals surface area (Å²) in [7, 11) is 0. The van der Waals surface area contributed by atoms with Crippen molar-refractivity contribution in [3.63, 3.8) is 0 Å². The largest absolute Gasteiger partial charge is 0.324 e. The molecule has 0 radical (unpaired) electrons. The predicted octanol–water partition coefficient (Wildman–Crippen LogP) is 5.37. The number of halogens is 3. The van der Waals surface area contributed by atoms with E-state index >= 15 is 0 Å². The Balaban J connectivity index is 1.58. The van der Waals surface area contributed by atoms with Crippen molar-refractivity contribution in [1.82, 2.24) is 4.90 Å². The van der Waals surface area contributed by atoms with Crippen LogP contribution in [0.5, 0.6) is 0 Å². The minimum Gasteiger partial charge on any atom is -0.324 e. The maximum atomic E-state index is 12.3. The van der Waals surface area contributed by atoms with Crippen molar-refractivity contribution in [1.29, 1.82) is 0 Å². The van der Waals surface area contributed by atoms with Gasteiger partial charge in [-0.2, -0.15) is 0 Å². The van der Waals surface area contributed by atoms with Crippen LogP contribution in [0.25, 0.3) is 5.57 Å². The molecule has 0 saturated heterocycles. The molecule has 0 atom stereocenters. The number of hydrogen-bond acceptors (Lipinski definition) is 2. The van der Waals surface area contributed by atoms with Gasteiger partial charge in [-0.3, -0.25) is 9.69 Å². The van der Waals surface area contributed by atoms with Crippen LogP contribution in [-0.2, 0) is 4.79 Å². The molecule has 6 heteroatoms. The summed E-state index contributed by atoms with van der Waals surface area (Å²) in [6.45, 7) is 1.88. The van der Waals surface area contributed by atoms with E-state index in [1.807, 2.05) is 18.2 Å². The lowest BCUT2D eigenvalue weighted by Gasteiger charge is -2.26. The average Bonchev–Trinajstić information content (AvgIpc) is 2.61. The molecule has 0 fully saturated rings. The van der Waals surface area contributed by atoms with E-state index in [0.717, 1.165) is 19.5 Å². The highest BCUT2D eigenvalue weighted by molar-refractivity contribution is 6.44. The Hall–Kier alpha value is -1.52. The zero-order valence-electron chi connectivity index (χ0n) is 13.4. The molecular weight excluding hydrogens is 379 g/mol. The lowest BCUT2D eigenvalue weighted by molar-refractivity contribution is -0.117. The molecule has 130 valence electrons. The number of benzene rings is 2. The van der Waals surface area contributed by atoms with Gasteiger partial charge >= 0.3 is 0 Å². The molecule has 0 aromatic heterocycles. The van der Waals surface area contributed by atoms with Gasteiger partial charge in [0.25, 0.3) is 0 Å². The van der Waals surface area contributed by atoms with Gasteiger partial charge in [-0.1, -0.05) is 71.2 Å². The smallest absolute Gasteiger partial charge is 0.238 e. The fourth-order valence-corrected chi connectivity index (χ4v) is 3.37. The topological polar surface area (TPSA) is 32.3 Å². The Morgan fingerprint density at radius 1 is 1.04 bits per heavy atom. The number of amides is 1. The molecule has 1 heterocycles. The van der Waals surface area contributed by atoms with Gasteiger partial charge in [0, 0.05) is 13.1 Å². The summed E-state index contributed by atoms with van der Waals surface area (Å²) >= 11 is 18.0. The Morgan fingerprint density at radius 2 is 1.76 bits per heavy atom. The summed E-state index contributed by atoms with van der Waals surface area (Å²) in [6, 6.07) is 13.4. The molecule has 0 spiro atoms. The van der Waals surface area contributed by atoms with Crippen LogP contribution >= 0.6 is 34.8 Å². The van der Waals surface area contributed by atoms with Gasteiger partial charge < -0.3 is 5.32 Å². The fourth-order valence-electron chi connectivity index (χ4n) is 2.78. The number of rotatable bonds is 4. The van der Waals surface area contributed by atoms with E-state index in [2.05, 4.69) is 28.4 Å². The highest BCUT2D eigenvalue weighted by Crippen LogP contribution is 2.32. The highest BCUT2D eigenvalue weighted by Gasteiger charge is 2.16. The molecule has 3 nitrogen and oxygen atoms in total. The quantitative estimate of drug-likeness (QED) is 0.705. The normalized spacial score (nSPS) is 14.9. The molecule has 0 bridgehead atoms. The SMILES string of the molecule is O=C(CN1CC=C(c2ccccc2)CC1)Nc1cc(Cl)c(Cl)cc1Cl. The van der Waals surface area contributed by atoms with Crippen molar-refractivity contribution in [2.45, 2.75) is 6.42 Å². The summed E-state index contributed by atoms with van der Waals surface area (Å²) in [5, 5.41) is 3.88. The van der Waals surface area contributed by atoms with Gasteiger partial charge in [-0.15, -0.1) is 0 Å². The molecule has 2 aromatic rings. The molecule has 0 aliphatic carbocycles. The molecule has 1 aliphatic rings. The second-order valence-corrected chi connectivity index (χ2v) is 7.10. The summed E-state index contributed by atoms with van der Waals surface area (Å²) in [5.41, 5.74) is 3.04. The van der Waals surface area contributed by atoms with E-state index < -0.39 is 0 Å². The van der Waals surface area contributed by atoms with Gasteiger partial charge in [-0.25, -0.2) is 0 Å². The Labute approximate surface area is 162 Å². The number of nitrogens with one attached hydrogen (secondary N) is 1. The van der Waals surface area contributed by atoms with Gasteiger partial charge in [0.2, 0.25) is 5.91 Å². The van der Waals surface area contributed by atoms with Gasteiger partial charge in [0.1, 0.15) is 0 Å². The first-order valence-corrected chi connectivity index (χ1v) is 9.07. The number of hydrogen-bond donors (Lipinski definition) is 1. The van der Waals surface area contributed by atoms with Crippen LogP contribution in [0.15, 0.2) is 48.5 Å². The van der Waals surface area contributed by atoms with Crippen molar-refractivity contribution >= 4 is 52.0 Å². The van der Waals surface area contributed by atoms with E-state index in [4.69, 9.17) is 34.8 Å². The Morgan fingerprint density at radius 3 is 2.44 bits per heavy atom. The number of carbonyl (C=O) groups is 1. The van der Waals surface area contributed by atoms with Gasteiger partial charge in [-0.05, 0) is 29.7 Å². The summed E-state index contributed by atoms with van der Waals surface area (Å²) in [5.74, 6) is -0.128. The Bertz CT molecular complexity index is 806. The van der Waals surface area contributed by atoms with Crippen molar-refractivity contribution in [2.75, 3.05) is 25.0 Å². The highest BCUT2D eigenvalue weighted by atomic mass is 35.5. The van der Waals surface area contributed by atoms with E-state index in [0.29, 0.717) is 27.3 Å². The first-order chi connectivity index (χ1) is 12.0. The average molecular weight is 396 g/mol. The minimum absolute atomic E-state index is 0.128. The van der Waals surface area contributed by atoms with Gasteiger partial charge in [0.15, 0.2) is 0 Å². The summed E-state index contributed by atoms with van der Waals surface area (Å²) in [6.07, 6.45) is 3.10. The van der Waals surface area contributed by atoms with E-state index in [9.17, 15) is 4.79 Å². The van der Waals surface area contributed by atoms with Crippen molar-refractivity contribution in [2.24, 2.45) is 0 Å². The van der Waals surface area contributed by atoms with Crippen LogP contribution in [0.4, 0.5) is 5.69 Å². The molecule has 1 aliphatic heterocycles. The predicted molar refractivity (Wildman–Crippen MR) is 106 cm³/mol. The monoisotopic (exact) mass is 394 g/mol. The van der Waals surface area contributed by atoms with Crippen LogP contribution in [0.3, 0.4) is 0 Å². The second-order valence-electron chi connectivity index (χ2n) is 5.87. The Kier molecular flexibility index (Phi) is 6.02. The van der Waals surface area contributed by atoms with E-state index in [1.165, 1.54) is 17.2 Å². The maximum absolute atomic E-state index is 12.3. The number of nitrogens with zero attached hydrogens (tertiary/aromatic N) is 1. The molecular formula is C19H17Cl3N2O. The van der Waals surface area contributed by atoms with E-state index in [1.54, 1.807) is 6.07 Å². The zero-order valence-corrected chi connectivity index (χ0v) is 15.7. The molecule has 3 rings (SSSR count). The van der Waals surface area contributed by atoms with Crippen LogP contribution in [0, 0.1) is 0 Å². The lowest BCUT2D eigenvalue weighted by atomic mass is 10.00. The van der Waals surface area contributed by atoms with Crippen molar-refractivity contribution in [3.8, 4) is 0 Å². The first-order valence-electron chi connectivity index (χ1n) is 7.94. The third-order valence-corrected chi connectivity index (χ3v) is 5.12. The fraction of sp³-hybridized carbons (Fsp3) is 0.211. The standard InChI is InChI=1S/C19H17Cl3N2O/c20-15-10-17(22)18(11-16(15)21)23-19(25)12-24-8-6-14(7-9-24)13-4-2-1-3-5-13/h1-6,10-11H,7-9,12H2,(H,23,25).